The van der Waals surface area contributed by atoms with E-state index >= 15 is 0 Å². The molecule has 144 valence electrons. The van der Waals surface area contributed by atoms with Crippen molar-refractivity contribution in [2.75, 3.05) is 18.5 Å². The molecule has 6 nitrogen and oxygen atoms in total. The van der Waals surface area contributed by atoms with Crippen LogP contribution in [0.2, 0.25) is 0 Å². The summed E-state index contributed by atoms with van der Waals surface area (Å²) in [5.41, 5.74) is 1.49. The van der Waals surface area contributed by atoms with Crippen molar-refractivity contribution in [1.82, 2.24) is 10.1 Å². The van der Waals surface area contributed by atoms with E-state index in [1.165, 1.54) is 6.07 Å². The summed E-state index contributed by atoms with van der Waals surface area (Å²) < 4.78 is 25.0. The third kappa shape index (κ3) is 3.98. The van der Waals surface area contributed by atoms with Gasteiger partial charge >= 0.3 is 6.03 Å². The van der Waals surface area contributed by atoms with Crippen LogP contribution in [0.15, 0.2) is 28.8 Å². The number of ether oxygens (including phenoxy) is 1. The van der Waals surface area contributed by atoms with Crippen molar-refractivity contribution in [3.8, 4) is 0 Å². The van der Waals surface area contributed by atoms with Crippen molar-refractivity contribution in [1.29, 1.82) is 0 Å². The first-order chi connectivity index (χ1) is 13.2. The summed E-state index contributed by atoms with van der Waals surface area (Å²) in [6, 6.07) is 6.30. The number of carbonyl (C=O) groups is 1. The van der Waals surface area contributed by atoms with E-state index in [2.05, 4.69) is 10.5 Å². The number of hydrogen-bond donors (Lipinski definition) is 1. The largest absolute Gasteiger partial charge is 0.381 e. The van der Waals surface area contributed by atoms with Crippen molar-refractivity contribution >= 4 is 11.8 Å². The third-order valence-corrected chi connectivity index (χ3v) is 5.37. The standard InChI is InChI=1S/C20H24FN3O3/c21-17-7-3-1-5-14(17)13-24(15-9-11-26-12-10-15)20(25)22-19-16-6-2-4-8-18(16)27-23-19/h1,3,5,7,15H,2,4,6,8-13H2,(H,22,23,25). The van der Waals surface area contributed by atoms with Gasteiger partial charge in [-0.25, -0.2) is 9.18 Å². The molecular weight excluding hydrogens is 349 g/mol. The Morgan fingerprint density at radius 2 is 2.00 bits per heavy atom. The Morgan fingerprint density at radius 1 is 1.22 bits per heavy atom. The number of amides is 2. The van der Waals surface area contributed by atoms with E-state index < -0.39 is 0 Å². The molecule has 2 aromatic rings. The summed E-state index contributed by atoms with van der Waals surface area (Å²) in [6.07, 6.45) is 5.33. The van der Waals surface area contributed by atoms with E-state index in [1.54, 1.807) is 23.1 Å². The maximum atomic E-state index is 14.2. The maximum Gasteiger partial charge on any atom is 0.323 e. The van der Waals surface area contributed by atoms with Crippen LogP contribution in [0, 0.1) is 5.82 Å². The van der Waals surface area contributed by atoms with Crippen molar-refractivity contribution in [2.24, 2.45) is 0 Å². The zero-order valence-corrected chi connectivity index (χ0v) is 15.2. The molecule has 2 aliphatic rings. The Bertz CT molecular complexity index is 802. The molecule has 1 N–H and O–H groups in total. The fourth-order valence-electron chi connectivity index (χ4n) is 3.83. The molecule has 0 unspecified atom stereocenters. The van der Waals surface area contributed by atoms with E-state index in [9.17, 15) is 9.18 Å². The molecule has 0 radical (unpaired) electrons. The molecule has 1 saturated heterocycles. The molecule has 1 aliphatic carbocycles. The quantitative estimate of drug-likeness (QED) is 0.882. The molecule has 0 atom stereocenters. The van der Waals surface area contributed by atoms with Crippen LogP contribution < -0.4 is 5.32 Å². The Morgan fingerprint density at radius 3 is 2.81 bits per heavy atom. The molecule has 1 aromatic carbocycles. The van der Waals surface area contributed by atoms with Crippen LogP contribution >= 0.6 is 0 Å². The zero-order valence-electron chi connectivity index (χ0n) is 15.2. The molecule has 2 heterocycles. The fraction of sp³-hybridized carbons (Fsp3) is 0.500. The SMILES string of the molecule is O=C(Nc1noc2c1CCCC2)N(Cc1ccccc1F)C1CCOCC1. The number of nitrogens with one attached hydrogen (secondary N) is 1. The lowest BCUT2D eigenvalue weighted by Gasteiger charge is -2.34. The molecule has 1 fully saturated rings. The summed E-state index contributed by atoms with van der Waals surface area (Å²) in [6.45, 7) is 1.42. The number of anilines is 1. The van der Waals surface area contributed by atoms with Gasteiger partial charge in [0.2, 0.25) is 0 Å². The number of carbonyl (C=O) groups excluding carboxylic acids is 1. The lowest BCUT2D eigenvalue weighted by atomic mass is 9.98. The molecule has 2 amide bonds. The molecule has 1 aliphatic heterocycles. The highest BCUT2D eigenvalue weighted by molar-refractivity contribution is 5.89. The van der Waals surface area contributed by atoms with Crippen molar-refractivity contribution < 1.29 is 18.4 Å². The van der Waals surface area contributed by atoms with Gasteiger partial charge in [0.15, 0.2) is 5.82 Å². The second kappa shape index (κ2) is 8.08. The highest BCUT2D eigenvalue weighted by Crippen LogP contribution is 2.28. The van der Waals surface area contributed by atoms with E-state index in [0.717, 1.165) is 49.8 Å². The number of aromatic nitrogens is 1. The van der Waals surface area contributed by atoms with Gasteiger partial charge in [-0.2, -0.15) is 0 Å². The molecule has 1 aromatic heterocycles. The van der Waals surface area contributed by atoms with Gasteiger partial charge < -0.3 is 14.2 Å². The van der Waals surface area contributed by atoms with Crippen LogP contribution in [0.3, 0.4) is 0 Å². The van der Waals surface area contributed by atoms with Crippen LogP contribution in [-0.2, 0) is 24.1 Å². The topological polar surface area (TPSA) is 67.6 Å². The first-order valence-electron chi connectivity index (χ1n) is 9.58. The van der Waals surface area contributed by atoms with E-state index in [0.29, 0.717) is 24.6 Å². The summed E-state index contributed by atoms with van der Waals surface area (Å²) >= 11 is 0. The van der Waals surface area contributed by atoms with Crippen LogP contribution in [0.25, 0.3) is 0 Å². The minimum absolute atomic E-state index is 0.00100. The van der Waals surface area contributed by atoms with E-state index in [4.69, 9.17) is 9.26 Å². The molecule has 7 heteroatoms. The van der Waals surface area contributed by atoms with Gasteiger partial charge in [-0.15, -0.1) is 0 Å². The third-order valence-electron chi connectivity index (χ3n) is 5.37. The predicted molar refractivity (Wildman–Crippen MR) is 97.9 cm³/mol. The first kappa shape index (κ1) is 18.0. The van der Waals surface area contributed by atoms with Crippen molar-refractivity contribution in [3.63, 3.8) is 0 Å². The van der Waals surface area contributed by atoms with Gasteiger partial charge in [-0.1, -0.05) is 23.4 Å². The highest BCUT2D eigenvalue weighted by Gasteiger charge is 2.29. The number of halogens is 1. The number of aryl methyl sites for hydroxylation is 1. The predicted octanol–water partition coefficient (Wildman–Crippen LogP) is 3.91. The average Bonchev–Trinajstić information content (AvgIpc) is 3.11. The van der Waals surface area contributed by atoms with Gasteiger partial charge in [0.25, 0.3) is 0 Å². The van der Waals surface area contributed by atoms with Gasteiger partial charge in [-0.05, 0) is 38.2 Å². The Kier molecular flexibility index (Phi) is 5.38. The number of benzene rings is 1. The lowest BCUT2D eigenvalue weighted by molar-refractivity contribution is 0.0457. The van der Waals surface area contributed by atoms with Crippen LogP contribution in [0.1, 0.15) is 42.6 Å². The number of hydrogen-bond acceptors (Lipinski definition) is 4. The summed E-state index contributed by atoms with van der Waals surface area (Å²) in [5, 5.41) is 6.96. The highest BCUT2D eigenvalue weighted by atomic mass is 19.1. The normalized spacial score (nSPS) is 17.4. The Balaban J connectivity index is 1.55. The maximum absolute atomic E-state index is 14.2. The number of fused-ring (bicyclic) bond motifs is 1. The van der Waals surface area contributed by atoms with Gasteiger partial charge in [0, 0.05) is 36.8 Å². The number of urea groups is 1. The van der Waals surface area contributed by atoms with Gasteiger partial charge in [-0.3, -0.25) is 5.32 Å². The minimum Gasteiger partial charge on any atom is -0.381 e. The molecule has 27 heavy (non-hydrogen) atoms. The minimum atomic E-state index is -0.304. The van der Waals surface area contributed by atoms with E-state index in [1.807, 2.05) is 0 Å². The summed E-state index contributed by atoms with van der Waals surface area (Å²) in [5.74, 6) is 1.06. The molecule has 0 saturated carbocycles. The van der Waals surface area contributed by atoms with Crippen LogP contribution in [-0.4, -0.2) is 35.3 Å². The van der Waals surface area contributed by atoms with Gasteiger partial charge in [0.05, 0.1) is 6.54 Å². The zero-order chi connectivity index (χ0) is 18.6. The Labute approximate surface area is 157 Å². The average molecular weight is 373 g/mol. The molecule has 0 bridgehead atoms. The van der Waals surface area contributed by atoms with Crippen LogP contribution in [0.5, 0.6) is 0 Å². The number of nitrogens with zero attached hydrogens (tertiary/aromatic N) is 2. The Hall–Kier alpha value is -2.41. The van der Waals surface area contributed by atoms with Gasteiger partial charge in [0.1, 0.15) is 11.6 Å². The summed E-state index contributed by atoms with van der Waals surface area (Å²) in [7, 11) is 0. The second-order valence-electron chi connectivity index (χ2n) is 7.13. The monoisotopic (exact) mass is 373 g/mol. The first-order valence-corrected chi connectivity index (χ1v) is 9.58. The second-order valence-corrected chi connectivity index (χ2v) is 7.13. The fourth-order valence-corrected chi connectivity index (χ4v) is 3.83. The number of rotatable bonds is 4. The van der Waals surface area contributed by atoms with Crippen molar-refractivity contribution in [3.05, 3.63) is 47.0 Å². The van der Waals surface area contributed by atoms with Crippen LogP contribution in [0.4, 0.5) is 15.0 Å². The molecule has 4 rings (SSSR count). The van der Waals surface area contributed by atoms with Crippen molar-refractivity contribution in [2.45, 2.75) is 51.1 Å². The molecule has 0 spiro atoms. The smallest absolute Gasteiger partial charge is 0.323 e. The van der Waals surface area contributed by atoms with E-state index in [-0.39, 0.29) is 24.4 Å². The molecular formula is C20H24FN3O3. The lowest BCUT2D eigenvalue weighted by Crippen LogP contribution is -2.45. The summed E-state index contributed by atoms with van der Waals surface area (Å²) in [4.78, 5) is 14.8.